The van der Waals surface area contributed by atoms with Crippen LogP contribution < -0.4 is 16.4 Å². The zero-order valence-electron chi connectivity index (χ0n) is 33.3. The van der Waals surface area contributed by atoms with E-state index < -0.39 is 0 Å². The molecule has 13 rings (SSSR count). The molecule has 10 aromatic rings. The summed E-state index contributed by atoms with van der Waals surface area (Å²) in [5.41, 5.74) is 22.6. The molecule has 3 heteroatoms. The standard InChI is InChI=1S/C54H41BN2/c1-53(2,3)33-22-23-43-39(27-33)40-28-34(54(4,5)6)29-42-51(40)56(43)45-25-32(30-14-8-7-9-15-30)26-46-50(45)55(42)41-24-31-16-12-19-37-35-17-10-11-18-36(35)38-20-13-21-44-48(38)49(47(31)37)52(41)57(44)46/h7-29H,1-6H3. The van der Waals surface area contributed by atoms with E-state index >= 15 is 0 Å². The summed E-state index contributed by atoms with van der Waals surface area (Å²) in [6, 6.07) is 54.0. The highest BCUT2D eigenvalue weighted by Crippen LogP contribution is 2.51. The van der Waals surface area contributed by atoms with Crippen LogP contribution in [0.5, 0.6) is 0 Å². The number of hydrogen-bond acceptors (Lipinski definition) is 0. The topological polar surface area (TPSA) is 9.86 Å². The fourth-order valence-electron chi connectivity index (χ4n) is 11.0. The fourth-order valence-corrected chi connectivity index (χ4v) is 11.0. The van der Waals surface area contributed by atoms with E-state index in [4.69, 9.17) is 0 Å². The Bertz CT molecular complexity index is 3470. The molecule has 0 spiro atoms. The molecule has 270 valence electrons. The number of aromatic nitrogens is 2. The third-order valence-electron chi connectivity index (χ3n) is 13.7. The summed E-state index contributed by atoms with van der Waals surface area (Å²) in [7, 11) is 0. The van der Waals surface area contributed by atoms with Crippen molar-refractivity contribution < 1.29 is 0 Å². The molecule has 0 atom stereocenters. The van der Waals surface area contributed by atoms with Gasteiger partial charge in [0, 0.05) is 38.4 Å². The first-order chi connectivity index (χ1) is 27.6. The van der Waals surface area contributed by atoms with Crippen LogP contribution in [-0.4, -0.2) is 15.8 Å². The van der Waals surface area contributed by atoms with Gasteiger partial charge in [0.25, 0.3) is 6.71 Å². The molecule has 0 unspecified atom stereocenters. The lowest BCUT2D eigenvalue weighted by Crippen LogP contribution is -2.59. The van der Waals surface area contributed by atoms with Crippen molar-refractivity contribution in [3.8, 4) is 44.8 Å². The van der Waals surface area contributed by atoms with Gasteiger partial charge in [-0.1, -0.05) is 145 Å². The molecule has 0 saturated carbocycles. The van der Waals surface area contributed by atoms with E-state index in [9.17, 15) is 0 Å². The minimum Gasteiger partial charge on any atom is -0.310 e. The number of benzene rings is 8. The van der Waals surface area contributed by atoms with Crippen LogP contribution in [0.25, 0.3) is 99.1 Å². The van der Waals surface area contributed by atoms with E-state index in [-0.39, 0.29) is 17.5 Å². The normalized spacial score (nSPS) is 13.8. The Morgan fingerprint density at radius 2 is 1.04 bits per heavy atom. The second-order valence-corrected chi connectivity index (χ2v) is 18.9. The van der Waals surface area contributed by atoms with Crippen molar-refractivity contribution in [3.63, 3.8) is 0 Å². The van der Waals surface area contributed by atoms with Gasteiger partial charge in [0.2, 0.25) is 0 Å². The molecular formula is C54H41BN2. The summed E-state index contributed by atoms with van der Waals surface area (Å²) < 4.78 is 5.30. The first kappa shape index (κ1) is 31.8. The Balaban J connectivity index is 1.29. The number of rotatable bonds is 1. The second-order valence-electron chi connectivity index (χ2n) is 18.9. The van der Waals surface area contributed by atoms with Crippen molar-refractivity contribution in [2.75, 3.05) is 0 Å². The molecule has 57 heavy (non-hydrogen) atoms. The fraction of sp³-hybridized carbons (Fsp3) is 0.148. The van der Waals surface area contributed by atoms with Gasteiger partial charge in [0.1, 0.15) is 0 Å². The van der Waals surface area contributed by atoms with Gasteiger partial charge in [-0.2, -0.15) is 0 Å². The molecule has 0 radical (unpaired) electrons. The quantitative estimate of drug-likeness (QED) is 0.149. The van der Waals surface area contributed by atoms with Crippen LogP contribution in [0, 0.1) is 0 Å². The van der Waals surface area contributed by atoms with Crippen LogP contribution in [0.3, 0.4) is 0 Å². The maximum absolute atomic E-state index is 2.66. The zero-order valence-corrected chi connectivity index (χ0v) is 33.3. The number of nitrogens with zero attached hydrogens (tertiary/aromatic N) is 2. The molecule has 8 aromatic carbocycles. The molecule has 4 heterocycles. The van der Waals surface area contributed by atoms with Gasteiger partial charge in [-0.05, 0) is 119 Å². The minimum atomic E-state index is -0.0301. The Labute approximate surface area is 333 Å². The van der Waals surface area contributed by atoms with E-state index in [0.29, 0.717) is 0 Å². The van der Waals surface area contributed by atoms with Crippen LogP contribution in [0.4, 0.5) is 0 Å². The van der Waals surface area contributed by atoms with Crippen LogP contribution in [0.1, 0.15) is 52.7 Å². The van der Waals surface area contributed by atoms with Crippen molar-refractivity contribution in [2.45, 2.75) is 52.4 Å². The lowest BCUT2D eigenvalue weighted by atomic mass is 9.34. The van der Waals surface area contributed by atoms with Gasteiger partial charge in [0.15, 0.2) is 0 Å². The number of fused-ring (bicyclic) bond motifs is 11. The van der Waals surface area contributed by atoms with E-state index in [1.54, 1.807) is 0 Å². The Morgan fingerprint density at radius 3 is 1.75 bits per heavy atom. The largest absolute Gasteiger partial charge is 0.310 e. The molecular weight excluding hydrogens is 687 g/mol. The predicted octanol–water partition coefficient (Wildman–Crippen LogP) is 12.1. The number of hydrogen-bond donors (Lipinski definition) is 0. The van der Waals surface area contributed by atoms with E-state index in [2.05, 4.69) is 190 Å². The average Bonchev–Trinajstić information content (AvgIpc) is 3.70. The summed E-state index contributed by atoms with van der Waals surface area (Å²) in [4.78, 5) is 0. The molecule has 0 bridgehead atoms. The molecule has 3 aliphatic rings. The molecule has 0 saturated heterocycles. The smallest absolute Gasteiger partial charge is 0.252 e. The second kappa shape index (κ2) is 10.3. The summed E-state index contributed by atoms with van der Waals surface area (Å²) in [5, 5.41) is 8.14. The molecule has 1 aliphatic carbocycles. The van der Waals surface area contributed by atoms with Gasteiger partial charge < -0.3 is 9.13 Å². The molecule has 0 fully saturated rings. The lowest BCUT2D eigenvalue weighted by Gasteiger charge is -2.35. The third kappa shape index (κ3) is 3.92. The van der Waals surface area contributed by atoms with Gasteiger partial charge in [-0.15, -0.1) is 0 Å². The van der Waals surface area contributed by atoms with E-state index in [1.165, 1.54) is 127 Å². The van der Waals surface area contributed by atoms with Crippen molar-refractivity contribution in [1.29, 1.82) is 0 Å². The van der Waals surface area contributed by atoms with Crippen molar-refractivity contribution >= 4 is 77.5 Å². The molecule has 2 aromatic heterocycles. The third-order valence-corrected chi connectivity index (χ3v) is 13.7. The SMILES string of the molecule is CC(C)(C)c1ccc2c(c1)c1cc(C(C)(C)C)cc3c1n2-c1cc(-c2ccccc2)cc2c1B3c1cc3cccc4c3c3c5c(cccc5n-2c13)-c1ccccc1-4. The average molecular weight is 729 g/mol. The maximum atomic E-state index is 2.66. The van der Waals surface area contributed by atoms with Crippen molar-refractivity contribution in [1.82, 2.24) is 9.13 Å². The lowest BCUT2D eigenvalue weighted by molar-refractivity contribution is 0.590. The summed E-state index contributed by atoms with van der Waals surface area (Å²) in [6.07, 6.45) is 0. The monoisotopic (exact) mass is 728 g/mol. The highest BCUT2D eigenvalue weighted by Gasteiger charge is 2.43. The zero-order chi connectivity index (χ0) is 38.3. The molecule has 0 amide bonds. The first-order valence-corrected chi connectivity index (χ1v) is 20.6. The summed E-state index contributed by atoms with van der Waals surface area (Å²) >= 11 is 0. The molecule has 0 N–H and O–H groups in total. The Kier molecular flexibility index (Phi) is 5.78. The van der Waals surface area contributed by atoms with Crippen molar-refractivity contribution in [3.05, 3.63) is 151 Å². The predicted molar refractivity (Wildman–Crippen MR) is 245 cm³/mol. The van der Waals surface area contributed by atoms with Gasteiger partial charge in [0.05, 0.1) is 16.6 Å². The van der Waals surface area contributed by atoms with Gasteiger partial charge in [-0.3, -0.25) is 0 Å². The first-order valence-electron chi connectivity index (χ1n) is 20.6. The molecule has 2 nitrogen and oxygen atoms in total. The summed E-state index contributed by atoms with van der Waals surface area (Å²) in [6.45, 7) is 14.2. The highest BCUT2D eigenvalue weighted by molar-refractivity contribution is 7.00. The summed E-state index contributed by atoms with van der Waals surface area (Å²) in [5.74, 6) is 0. The highest BCUT2D eigenvalue weighted by atomic mass is 15.0. The van der Waals surface area contributed by atoms with Gasteiger partial charge in [-0.25, -0.2) is 0 Å². The van der Waals surface area contributed by atoms with Crippen molar-refractivity contribution in [2.24, 2.45) is 0 Å². The van der Waals surface area contributed by atoms with Gasteiger partial charge >= 0.3 is 0 Å². The van der Waals surface area contributed by atoms with Crippen LogP contribution >= 0.6 is 0 Å². The van der Waals surface area contributed by atoms with Crippen LogP contribution in [0.2, 0.25) is 0 Å². The van der Waals surface area contributed by atoms with E-state index in [0.717, 1.165) is 0 Å². The van der Waals surface area contributed by atoms with E-state index in [1.807, 2.05) is 0 Å². The van der Waals surface area contributed by atoms with Crippen LogP contribution in [0.15, 0.2) is 140 Å². The Hall–Kier alpha value is -6.32. The minimum absolute atomic E-state index is 0.0301. The Morgan fingerprint density at radius 1 is 0.421 bits per heavy atom. The maximum Gasteiger partial charge on any atom is 0.252 e. The van der Waals surface area contributed by atoms with Crippen LogP contribution in [-0.2, 0) is 10.8 Å². The molecule has 2 aliphatic heterocycles.